The summed E-state index contributed by atoms with van der Waals surface area (Å²) in [5.74, 6) is -0.397. The van der Waals surface area contributed by atoms with Gasteiger partial charge in [0.15, 0.2) is 0 Å². The van der Waals surface area contributed by atoms with E-state index in [0.717, 1.165) is 6.42 Å². The molecule has 0 aliphatic heterocycles. The third kappa shape index (κ3) is 3.11. The lowest BCUT2D eigenvalue weighted by molar-refractivity contribution is 0.589. The second kappa shape index (κ2) is 5.98. The first-order valence-corrected chi connectivity index (χ1v) is 6.27. The van der Waals surface area contributed by atoms with Crippen molar-refractivity contribution in [3.63, 3.8) is 0 Å². The molecule has 0 aliphatic rings. The van der Waals surface area contributed by atoms with Crippen molar-refractivity contribution in [3.8, 4) is 0 Å². The third-order valence-corrected chi connectivity index (χ3v) is 4.24. The maximum absolute atomic E-state index is 13.4. The van der Waals surface area contributed by atoms with E-state index in [-0.39, 0.29) is 10.1 Å². The zero-order valence-electron chi connectivity index (χ0n) is 8.78. The van der Waals surface area contributed by atoms with Gasteiger partial charge in [0, 0.05) is 5.25 Å². The van der Waals surface area contributed by atoms with E-state index in [1.54, 1.807) is 18.2 Å². The highest BCUT2D eigenvalue weighted by molar-refractivity contribution is 7.85. The minimum atomic E-state index is -1.29. The van der Waals surface area contributed by atoms with Crippen LogP contribution in [0.25, 0.3) is 0 Å². The first kappa shape index (κ1) is 12.3. The highest BCUT2D eigenvalue weighted by atomic mass is 32.2. The van der Waals surface area contributed by atoms with Gasteiger partial charge in [0.1, 0.15) is 5.82 Å². The highest BCUT2D eigenvalue weighted by Gasteiger charge is 2.18. The van der Waals surface area contributed by atoms with Crippen LogP contribution in [-0.2, 0) is 10.8 Å². The molecule has 0 saturated carbocycles. The average Bonchev–Trinajstić information content (AvgIpc) is 2.25. The Morgan fingerprint density at radius 2 is 2.13 bits per heavy atom. The van der Waals surface area contributed by atoms with Crippen molar-refractivity contribution < 1.29 is 8.60 Å². The summed E-state index contributed by atoms with van der Waals surface area (Å²) in [7, 11) is -1.29. The maximum atomic E-state index is 13.4. The van der Waals surface area contributed by atoms with Gasteiger partial charge in [-0.05, 0) is 31.5 Å². The molecule has 2 unspecified atom stereocenters. The Morgan fingerprint density at radius 3 is 2.67 bits per heavy atom. The van der Waals surface area contributed by atoms with Crippen molar-refractivity contribution >= 4 is 10.8 Å². The summed E-state index contributed by atoms with van der Waals surface area (Å²) in [6, 6.07) is 6.21. The number of rotatable bonds is 5. The fraction of sp³-hybridized carbons (Fsp3) is 0.455. The molecule has 0 bridgehead atoms. The van der Waals surface area contributed by atoms with Crippen LogP contribution in [0.2, 0.25) is 0 Å². The normalized spacial score (nSPS) is 14.9. The van der Waals surface area contributed by atoms with E-state index >= 15 is 0 Å². The molecule has 0 radical (unpaired) electrons. The largest absolute Gasteiger partial charge is 0.330 e. The van der Waals surface area contributed by atoms with Crippen LogP contribution in [-0.4, -0.2) is 16.0 Å². The van der Waals surface area contributed by atoms with Gasteiger partial charge >= 0.3 is 0 Å². The Labute approximate surface area is 92.1 Å². The van der Waals surface area contributed by atoms with Gasteiger partial charge in [0.05, 0.1) is 15.7 Å². The summed E-state index contributed by atoms with van der Waals surface area (Å²) < 4.78 is 25.4. The lowest BCUT2D eigenvalue weighted by atomic mass is 10.2. The van der Waals surface area contributed by atoms with Crippen LogP contribution in [0.4, 0.5) is 4.39 Å². The summed E-state index contributed by atoms with van der Waals surface area (Å²) in [6.07, 6.45) is 1.41. The van der Waals surface area contributed by atoms with Gasteiger partial charge < -0.3 is 5.73 Å². The number of hydrogen-bond acceptors (Lipinski definition) is 2. The van der Waals surface area contributed by atoms with Gasteiger partial charge in [-0.15, -0.1) is 0 Å². The Balaban J connectivity index is 2.88. The smallest absolute Gasteiger partial charge is 0.139 e. The quantitative estimate of drug-likeness (QED) is 0.839. The SMILES string of the molecule is CCC(CCN)S(=O)c1ccccc1F. The summed E-state index contributed by atoms with van der Waals surface area (Å²) in [5.41, 5.74) is 5.43. The van der Waals surface area contributed by atoms with Crippen molar-refractivity contribution in [3.05, 3.63) is 30.1 Å². The summed E-state index contributed by atoms with van der Waals surface area (Å²) in [5, 5.41) is -0.0492. The minimum Gasteiger partial charge on any atom is -0.330 e. The first-order chi connectivity index (χ1) is 7.20. The van der Waals surface area contributed by atoms with E-state index in [0.29, 0.717) is 13.0 Å². The summed E-state index contributed by atoms with van der Waals surface area (Å²) >= 11 is 0. The molecule has 1 aromatic rings. The molecule has 0 aromatic heterocycles. The standard InChI is InChI=1S/C11H16FNOS/c1-2-9(7-8-13)15(14)11-6-4-3-5-10(11)12/h3-6,9H,2,7-8,13H2,1H3. The van der Waals surface area contributed by atoms with Crippen LogP contribution in [0.15, 0.2) is 29.2 Å². The van der Waals surface area contributed by atoms with E-state index in [1.807, 2.05) is 6.92 Å². The molecule has 1 aromatic carbocycles. The predicted octanol–water partition coefficient (Wildman–Crippen LogP) is 2.06. The minimum absolute atomic E-state index is 0.0492. The molecule has 15 heavy (non-hydrogen) atoms. The molecule has 2 N–H and O–H groups in total. The van der Waals surface area contributed by atoms with E-state index in [9.17, 15) is 8.60 Å². The fourth-order valence-corrected chi connectivity index (χ4v) is 2.92. The van der Waals surface area contributed by atoms with Crippen molar-refractivity contribution in [2.24, 2.45) is 5.73 Å². The Bertz CT molecular complexity index is 343. The van der Waals surface area contributed by atoms with Crippen LogP contribution in [0, 0.1) is 5.82 Å². The summed E-state index contributed by atoms with van der Waals surface area (Å²) in [6.45, 7) is 2.43. The Hall–Kier alpha value is -0.740. The maximum Gasteiger partial charge on any atom is 0.139 e. The molecule has 0 saturated heterocycles. The van der Waals surface area contributed by atoms with Gasteiger partial charge in [-0.2, -0.15) is 0 Å². The Kier molecular flexibility index (Phi) is 4.91. The average molecular weight is 229 g/mol. The highest BCUT2D eigenvalue weighted by Crippen LogP contribution is 2.18. The molecule has 1 rings (SSSR count). The van der Waals surface area contributed by atoms with Crippen molar-refractivity contribution in [1.82, 2.24) is 0 Å². The molecule has 0 amide bonds. The summed E-state index contributed by atoms with van der Waals surface area (Å²) in [4.78, 5) is 0.290. The van der Waals surface area contributed by atoms with Crippen LogP contribution in [0.5, 0.6) is 0 Å². The van der Waals surface area contributed by atoms with Gasteiger partial charge in [-0.3, -0.25) is 4.21 Å². The van der Waals surface area contributed by atoms with Gasteiger partial charge in [0.25, 0.3) is 0 Å². The number of hydrogen-bond donors (Lipinski definition) is 1. The monoisotopic (exact) mass is 229 g/mol. The molecule has 4 heteroatoms. The molecule has 0 fully saturated rings. The first-order valence-electron chi connectivity index (χ1n) is 5.05. The molecule has 0 aliphatic carbocycles. The van der Waals surface area contributed by atoms with Crippen molar-refractivity contribution in [2.75, 3.05) is 6.54 Å². The molecule has 0 heterocycles. The van der Waals surface area contributed by atoms with E-state index < -0.39 is 16.6 Å². The number of benzene rings is 1. The molecular weight excluding hydrogens is 213 g/mol. The zero-order valence-corrected chi connectivity index (χ0v) is 9.60. The van der Waals surface area contributed by atoms with Crippen LogP contribution < -0.4 is 5.73 Å². The number of nitrogens with two attached hydrogens (primary N) is 1. The topological polar surface area (TPSA) is 43.1 Å². The molecule has 2 nitrogen and oxygen atoms in total. The van der Waals surface area contributed by atoms with E-state index in [1.165, 1.54) is 6.07 Å². The second-order valence-electron chi connectivity index (χ2n) is 3.34. The van der Waals surface area contributed by atoms with Gasteiger partial charge in [0.2, 0.25) is 0 Å². The molecule has 0 spiro atoms. The van der Waals surface area contributed by atoms with E-state index in [4.69, 9.17) is 5.73 Å². The predicted molar refractivity (Wildman–Crippen MR) is 60.6 cm³/mol. The van der Waals surface area contributed by atoms with E-state index in [2.05, 4.69) is 0 Å². The van der Waals surface area contributed by atoms with Crippen LogP contribution >= 0.6 is 0 Å². The molecule has 84 valence electrons. The van der Waals surface area contributed by atoms with Gasteiger partial charge in [-0.25, -0.2) is 4.39 Å². The van der Waals surface area contributed by atoms with Crippen LogP contribution in [0.3, 0.4) is 0 Å². The zero-order chi connectivity index (χ0) is 11.3. The van der Waals surface area contributed by atoms with Crippen molar-refractivity contribution in [2.45, 2.75) is 29.9 Å². The third-order valence-electron chi connectivity index (χ3n) is 2.30. The second-order valence-corrected chi connectivity index (χ2v) is 5.04. The Morgan fingerprint density at radius 1 is 1.47 bits per heavy atom. The molecule has 2 atom stereocenters. The van der Waals surface area contributed by atoms with Crippen LogP contribution in [0.1, 0.15) is 19.8 Å². The van der Waals surface area contributed by atoms with Gasteiger partial charge in [-0.1, -0.05) is 19.1 Å². The lowest BCUT2D eigenvalue weighted by Gasteiger charge is -2.13. The molecular formula is C11H16FNOS. The lowest BCUT2D eigenvalue weighted by Crippen LogP contribution is -2.19. The van der Waals surface area contributed by atoms with Crippen molar-refractivity contribution in [1.29, 1.82) is 0 Å². The number of halogens is 1. The fourth-order valence-electron chi connectivity index (χ4n) is 1.44.